The number of hydrogen-bond acceptors (Lipinski definition) is 7. The van der Waals surface area contributed by atoms with Crippen molar-refractivity contribution in [1.82, 2.24) is 5.32 Å². The summed E-state index contributed by atoms with van der Waals surface area (Å²) in [6, 6.07) is 0. The summed E-state index contributed by atoms with van der Waals surface area (Å²) in [4.78, 5) is 33.6. The van der Waals surface area contributed by atoms with Gasteiger partial charge in [0.25, 0.3) is 0 Å². The normalized spacial score (nSPS) is 13.4. The predicted molar refractivity (Wildman–Crippen MR) is 206 cm³/mol. The van der Waals surface area contributed by atoms with E-state index in [-0.39, 0.29) is 32.1 Å². The van der Waals surface area contributed by atoms with Gasteiger partial charge in [-0.25, -0.2) is 4.57 Å². The fourth-order valence-electron chi connectivity index (χ4n) is 5.79. The topological polar surface area (TPSA) is 131 Å². The van der Waals surface area contributed by atoms with E-state index in [9.17, 15) is 24.2 Å². The first kappa shape index (κ1) is 48.8. The Hall–Kier alpha value is -1.25. The van der Waals surface area contributed by atoms with E-state index in [0.717, 1.165) is 38.5 Å². The Kier molecular flexibility index (Phi) is 36.6. The van der Waals surface area contributed by atoms with Gasteiger partial charge >= 0.3 is 13.8 Å². The molecule has 2 atom stereocenters. The second kappa shape index (κ2) is 37.5. The minimum atomic E-state index is -4.40. The number of phosphoric ester groups is 1. The third kappa shape index (κ3) is 38.0. The van der Waals surface area contributed by atoms with Crippen LogP contribution >= 0.6 is 7.82 Å². The molecule has 0 aromatic heterocycles. The van der Waals surface area contributed by atoms with E-state index in [2.05, 4.69) is 31.3 Å². The standard InChI is InChI=1S/C40H78NO8P/c1-3-5-7-9-11-12-13-14-15-16-17-18-19-20-21-22-23-24-25-26-27-29-31-33-40(44)47-36-38(42)37-49-50(45,46)48-35-34-41-39(43)32-30-28-10-8-6-4-2/h14-15,38,42H,3-13,16-37H2,1-2H3,(H,41,43)(H,45,46)/b15-14+. The second-order valence-electron chi connectivity index (χ2n) is 14.0. The highest BCUT2D eigenvalue weighted by Gasteiger charge is 2.23. The van der Waals surface area contributed by atoms with Crippen molar-refractivity contribution in [3.8, 4) is 0 Å². The quantitative estimate of drug-likeness (QED) is 0.0246. The fourth-order valence-corrected chi connectivity index (χ4v) is 6.54. The number of nitrogens with one attached hydrogen (secondary N) is 1. The van der Waals surface area contributed by atoms with Gasteiger partial charge in [0.15, 0.2) is 0 Å². The zero-order chi connectivity index (χ0) is 36.8. The maximum Gasteiger partial charge on any atom is 0.472 e. The summed E-state index contributed by atoms with van der Waals surface area (Å²) in [5.41, 5.74) is 0. The highest BCUT2D eigenvalue weighted by Crippen LogP contribution is 2.42. The van der Waals surface area contributed by atoms with Crippen LogP contribution in [0.4, 0.5) is 0 Å². The predicted octanol–water partition coefficient (Wildman–Crippen LogP) is 11.0. The number of carbonyl (C=O) groups excluding carboxylic acids is 2. The number of allylic oxidation sites excluding steroid dienone is 2. The van der Waals surface area contributed by atoms with Crippen LogP contribution in [-0.4, -0.2) is 54.3 Å². The number of carbonyl (C=O) groups is 2. The lowest BCUT2D eigenvalue weighted by atomic mass is 10.0. The van der Waals surface area contributed by atoms with Gasteiger partial charge in [0, 0.05) is 19.4 Å². The molecule has 1 amide bonds. The van der Waals surface area contributed by atoms with Crippen LogP contribution in [0.1, 0.15) is 200 Å². The summed E-state index contributed by atoms with van der Waals surface area (Å²) in [5, 5.41) is 12.6. The summed E-state index contributed by atoms with van der Waals surface area (Å²) in [6.45, 7) is 3.49. The second-order valence-corrected chi connectivity index (χ2v) is 15.4. The smallest absolute Gasteiger partial charge is 0.463 e. The van der Waals surface area contributed by atoms with Gasteiger partial charge in [0.1, 0.15) is 12.7 Å². The number of aliphatic hydroxyl groups excluding tert-OH is 1. The minimum Gasteiger partial charge on any atom is -0.463 e. The number of phosphoric acid groups is 1. The molecule has 0 rings (SSSR count). The molecule has 0 aromatic rings. The fraction of sp³-hybridized carbons (Fsp3) is 0.900. The monoisotopic (exact) mass is 732 g/mol. The molecule has 0 aliphatic heterocycles. The van der Waals surface area contributed by atoms with Crippen molar-refractivity contribution in [2.45, 2.75) is 206 Å². The van der Waals surface area contributed by atoms with Crippen LogP contribution in [0.15, 0.2) is 12.2 Å². The van der Waals surface area contributed by atoms with Gasteiger partial charge in [-0.2, -0.15) is 0 Å². The Morgan fingerprint density at radius 3 is 1.50 bits per heavy atom. The highest BCUT2D eigenvalue weighted by molar-refractivity contribution is 7.47. The van der Waals surface area contributed by atoms with Crippen LogP contribution in [0.2, 0.25) is 0 Å². The van der Waals surface area contributed by atoms with Gasteiger partial charge in [0.05, 0.1) is 13.2 Å². The van der Waals surface area contributed by atoms with Gasteiger partial charge in [0.2, 0.25) is 5.91 Å². The van der Waals surface area contributed by atoms with Crippen molar-refractivity contribution in [2.75, 3.05) is 26.4 Å². The summed E-state index contributed by atoms with van der Waals surface area (Å²) in [7, 11) is -4.40. The van der Waals surface area contributed by atoms with E-state index >= 15 is 0 Å². The van der Waals surface area contributed by atoms with Crippen LogP contribution in [0, 0.1) is 0 Å². The van der Waals surface area contributed by atoms with Crippen LogP contribution in [0.5, 0.6) is 0 Å². The molecule has 0 heterocycles. The number of rotatable bonds is 39. The first-order valence-electron chi connectivity index (χ1n) is 20.7. The summed E-state index contributed by atoms with van der Waals surface area (Å²) < 4.78 is 26.7. The Bertz CT molecular complexity index is 840. The van der Waals surface area contributed by atoms with Crippen molar-refractivity contribution >= 4 is 19.7 Å². The molecule has 0 spiro atoms. The number of ether oxygens (including phenoxy) is 1. The number of unbranched alkanes of at least 4 members (excludes halogenated alkanes) is 24. The molecule has 0 saturated carbocycles. The number of aliphatic hydroxyl groups is 1. The molecule has 0 aromatic carbocycles. The van der Waals surface area contributed by atoms with Crippen LogP contribution in [0.3, 0.4) is 0 Å². The van der Waals surface area contributed by atoms with Gasteiger partial charge in [-0.05, 0) is 38.5 Å². The van der Waals surface area contributed by atoms with Gasteiger partial charge < -0.3 is 20.1 Å². The molecule has 0 fully saturated rings. The van der Waals surface area contributed by atoms with Crippen molar-refractivity contribution in [3.63, 3.8) is 0 Å². The maximum absolute atomic E-state index is 12.0. The molecule has 2 unspecified atom stereocenters. The third-order valence-corrected chi connectivity index (χ3v) is 9.93. The van der Waals surface area contributed by atoms with Crippen molar-refractivity contribution in [1.29, 1.82) is 0 Å². The first-order chi connectivity index (χ1) is 24.3. The molecule has 0 aliphatic carbocycles. The molecule has 296 valence electrons. The lowest BCUT2D eigenvalue weighted by molar-refractivity contribution is -0.147. The molecule has 0 aliphatic rings. The van der Waals surface area contributed by atoms with Gasteiger partial charge in [-0.15, -0.1) is 0 Å². The molecule has 10 heteroatoms. The number of hydrogen-bond donors (Lipinski definition) is 3. The molecular weight excluding hydrogens is 653 g/mol. The Balaban J connectivity index is 3.51. The molecule has 3 N–H and O–H groups in total. The maximum atomic E-state index is 12.0. The zero-order valence-corrected chi connectivity index (χ0v) is 33.3. The van der Waals surface area contributed by atoms with E-state index in [1.54, 1.807) is 0 Å². The average Bonchev–Trinajstić information content (AvgIpc) is 3.10. The first-order valence-corrected chi connectivity index (χ1v) is 22.2. The Labute approximate surface area is 307 Å². The van der Waals surface area contributed by atoms with Gasteiger partial charge in [-0.3, -0.25) is 18.6 Å². The largest absolute Gasteiger partial charge is 0.472 e. The molecule has 0 saturated heterocycles. The Morgan fingerprint density at radius 1 is 0.600 bits per heavy atom. The van der Waals surface area contributed by atoms with E-state index in [4.69, 9.17) is 13.8 Å². The molecule has 0 bridgehead atoms. The summed E-state index contributed by atoms with van der Waals surface area (Å²) in [6.07, 6.45) is 37.5. The van der Waals surface area contributed by atoms with Crippen molar-refractivity contribution in [3.05, 3.63) is 12.2 Å². The highest BCUT2D eigenvalue weighted by atomic mass is 31.2. The van der Waals surface area contributed by atoms with E-state index in [1.807, 2.05) is 0 Å². The SMILES string of the molecule is CCCCCCCC/C=C/CCCCCCCCCCCCCCCC(=O)OCC(O)COP(=O)(O)OCCNC(=O)CCCCCCCC. The van der Waals surface area contributed by atoms with Crippen LogP contribution < -0.4 is 5.32 Å². The molecule has 0 radical (unpaired) electrons. The van der Waals surface area contributed by atoms with Crippen LogP contribution in [0.25, 0.3) is 0 Å². The lowest BCUT2D eigenvalue weighted by Gasteiger charge is -2.15. The summed E-state index contributed by atoms with van der Waals surface area (Å²) >= 11 is 0. The average molecular weight is 732 g/mol. The van der Waals surface area contributed by atoms with E-state index in [0.29, 0.717) is 6.42 Å². The number of esters is 1. The summed E-state index contributed by atoms with van der Waals surface area (Å²) in [5.74, 6) is -0.520. The lowest BCUT2D eigenvalue weighted by Crippen LogP contribution is -2.27. The molecule has 9 nitrogen and oxygen atoms in total. The zero-order valence-electron chi connectivity index (χ0n) is 32.4. The van der Waals surface area contributed by atoms with Crippen molar-refractivity contribution in [2.24, 2.45) is 0 Å². The third-order valence-electron chi connectivity index (χ3n) is 8.95. The van der Waals surface area contributed by atoms with Crippen molar-refractivity contribution < 1.29 is 37.9 Å². The minimum absolute atomic E-state index is 0.0842. The number of amides is 1. The van der Waals surface area contributed by atoms with Gasteiger partial charge in [-0.1, -0.05) is 161 Å². The van der Waals surface area contributed by atoms with E-state index in [1.165, 1.54) is 135 Å². The van der Waals surface area contributed by atoms with Crippen LogP contribution in [-0.2, 0) is 27.9 Å². The Morgan fingerprint density at radius 2 is 1.02 bits per heavy atom. The molecule has 50 heavy (non-hydrogen) atoms. The molecular formula is C40H78NO8P. The van der Waals surface area contributed by atoms with E-state index < -0.39 is 26.5 Å².